The van der Waals surface area contributed by atoms with E-state index in [0.29, 0.717) is 24.4 Å². The van der Waals surface area contributed by atoms with Crippen molar-refractivity contribution in [1.29, 1.82) is 0 Å². The van der Waals surface area contributed by atoms with Crippen LogP contribution in [0.5, 0.6) is 0 Å². The number of fused-ring (bicyclic) bond motifs is 2. The summed E-state index contributed by atoms with van der Waals surface area (Å²) < 4.78 is 34.6. The molecule has 1 N–H and O–H groups in total. The Kier molecular flexibility index (Phi) is 6.41. The second kappa shape index (κ2) is 8.88. The van der Waals surface area contributed by atoms with Gasteiger partial charge in [0.25, 0.3) is 15.1 Å². The van der Waals surface area contributed by atoms with E-state index in [4.69, 9.17) is 16.2 Å². The van der Waals surface area contributed by atoms with Crippen molar-refractivity contribution in [2.45, 2.75) is 31.2 Å². The Hall–Kier alpha value is -1.58. The lowest BCUT2D eigenvalue weighted by molar-refractivity contribution is -0.665. The smallest absolute Gasteiger partial charge is 0.265 e. The Morgan fingerprint density at radius 1 is 1.20 bits per heavy atom. The van der Waals surface area contributed by atoms with E-state index in [1.165, 1.54) is 15.2 Å². The zero-order valence-electron chi connectivity index (χ0n) is 16.4. The van der Waals surface area contributed by atoms with E-state index in [-0.39, 0.29) is 5.75 Å². The van der Waals surface area contributed by atoms with Gasteiger partial charge in [-0.25, -0.2) is 0 Å². The van der Waals surface area contributed by atoms with Gasteiger partial charge >= 0.3 is 0 Å². The molecule has 3 aromatic rings. The first-order chi connectivity index (χ1) is 14.4. The summed E-state index contributed by atoms with van der Waals surface area (Å²) in [6, 6.07) is 14.2. The predicted molar refractivity (Wildman–Crippen MR) is 126 cm³/mol. The molecule has 0 bridgehead atoms. The number of hydrogen-bond donors (Lipinski definition) is 1. The summed E-state index contributed by atoms with van der Waals surface area (Å²) in [6.07, 6.45) is 3.25. The fraction of sp³-hybridized carbons (Fsp3) is 0.286. The van der Waals surface area contributed by atoms with Crippen LogP contribution in [0.25, 0.3) is 16.3 Å². The fourth-order valence-electron chi connectivity index (χ4n) is 3.56. The molecule has 2 aromatic carbocycles. The van der Waals surface area contributed by atoms with Crippen LogP contribution in [0.2, 0.25) is 5.02 Å². The average molecular weight is 482 g/mol. The first-order valence-corrected chi connectivity index (χ1v) is 13.3. The van der Waals surface area contributed by atoms with Crippen LogP contribution in [-0.4, -0.2) is 25.3 Å². The summed E-state index contributed by atoms with van der Waals surface area (Å²) in [5.41, 5.74) is 2.26. The summed E-state index contributed by atoms with van der Waals surface area (Å²) >= 11 is 9.70. The summed E-state index contributed by atoms with van der Waals surface area (Å²) in [4.78, 5) is 3.32. The second-order valence-corrected chi connectivity index (χ2v) is 11.1. The zero-order chi connectivity index (χ0) is 21.3. The molecule has 1 aliphatic rings. The number of hydrogen-bond acceptors (Lipinski definition) is 5. The molecular weight excluding hydrogens is 460 g/mol. The third-order valence-electron chi connectivity index (χ3n) is 4.93. The molecule has 2 heterocycles. The van der Waals surface area contributed by atoms with Crippen LogP contribution in [0.15, 0.2) is 52.4 Å². The number of aromatic nitrogens is 1. The lowest BCUT2D eigenvalue weighted by Crippen LogP contribution is -2.33. The van der Waals surface area contributed by atoms with Crippen molar-refractivity contribution in [1.82, 2.24) is 0 Å². The van der Waals surface area contributed by atoms with Crippen molar-refractivity contribution >= 4 is 66.8 Å². The maximum atomic E-state index is 11.0. The number of para-hydroxylation sites is 1. The minimum atomic E-state index is -3.93. The standard InChI is InChI=1S/C21H21ClN2O3S3/c1-2-23-16-7-3-4-8-18(16)28-20(23)14-21-24(11-5-6-12-30(25,26)27)17-13-15(22)9-10-19(17)29-21/h3-4,7-10,13-14H,2,5-6,11-12H2,1H3/p+1. The summed E-state index contributed by atoms with van der Waals surface area (Å²) in [5.74, 6) is -0.221. The monoisotopic (exact) mass is 481 g/mol. The number of thiazole rings is 1. The fourth-order valence-corrected chi connectivity index (χ4v) is 6.64. The van der Waals surface area contributed by atoms with Crippen molar-refractivity contribution < 1.29 is 17.5 Å². The van der Waals surface area contributed by atoms with Crippen LogP contribution in [-0.2, 0) is 16.7 Å². The first kappa shape index (κ1) is 21.6. The topological polar surface area (TPSA) is 61.5 Å². The highest BCUT2D eigenvalue weighted by Gasteiger charge is 2.27. The van der Waals surface area contributed by atoms with Crippen LogP contribution >= 0.6 is 34.7 Å². The molecule has 5 nitrogen and oxygen atoms in total. The molecular formula is C21H22ClN2O3S3+. The molecule has 0 saturated heterocycles. The van der Waals surface area contributed by atoms with Crippen molar-refractivity contribution in [2.24, 2.45) is 0 Å². The number of thioether (sulfide) groups is 1. The third kappa shape index (κ3) is 4.68. The maximum Gasteiger partial charge on any atom is 0.265 e. The first-order valence-electron chi connectivity index (χ1n) is 9.69. The number of unbranched alkanes of at least 4 members (excludes halogenated alkanes) is 1. The minimum absolute atomic E-state index is 0.221. The molecule has 158 valence electrons. The number of anilines is 1. The van der Waals surface area contributed by atoms with Gasteiger partial charge in [-0.3, -0.25) is 4.55 Å². The van der Waals surface area contributed by atoms with Gasteiger partial charge in [0.15, 0.2) is 0 Å². The van der Waals surface area contributed by atoms with Crippen LogP contribution in [0.1, 0.15) is 24.8 Å². The Morgan fingerprint density at radius 2 is 2.00 bits per heavy atom. The van der Waals surface area contributed by atoms with Crippen LogP contribution in [0.4, 0.5) is 5.69 Å². The number of aryl methyl sites for hydroxylation is 1. The quantitative estimate of drug-likeness (QED) is 0.276. The van der Waals surface area contributed by atoms with Gasteiger partial charge in [-0.1, -0.05) is 46.8 Å². The molecule has 0 saturated carbocycles. The Labute approximate surface area is 189 Å². The molecule has 9 heteroatoms. The highest BCUT2D eigenvalue weighted by atomic mass is 35.5. The van der Waals surface area contributed by atoms with E-state index in [9.17, 15) is 8.42 Å². The zero-order valence-corrected chi connectivity index (χ0v) is 19.6. The van der Waals surface area contributed by atoms with Crippen molar-refractivity contribution in [3.05, 3.63) is 57.5 Å². The van der Waals surface area contributed by atoms with Crippen LogP contribution in [0, 0.1) is 0 Å². The minimum Gasteiger partial charge on any atom is -0.335 e. The van der Waals surface area contributed by atoms with Crippen molar-refractivity contribution in [2.75, 3.05) is 17.2 Å². The SMILES string of the molecule is CC[n+]1c(C=C2Sc3ccc(Cl)cc3N2CCCCS(=O)(=O)O)sc2ccccc21. The maximum absolute atomic E-state index is 11.0. The van der Waals surface area contributed by atoms with Crippen LogP contribution in [0.3, 0.4) is 0 Å². The van der Waals surface area contributed by atoms with Gasteiger partial charge in [-0.15, -0.1) is 0 Å². The van der Waals surface area contributed by atoms with E-state index < -0.39 is 10.1 Å². The molecule has 4 rings (SSSR count). The summed E-state index contributed by atoms with van der Waals surface area (Å²) in [6.45, 7) is 3.67. The lowest BCUT2D eigenvalue weighted by atomic mass is 10.2. The van der Waals surface area contributed by atoms with Gasteiger partial charge in [-0.05, 0) is 44.0 Å². The Bertz CT molecular complexity index is 1220. The third-order valence-corrected chi connectivity index (χ3v) is 8.19. The highest BCUT2D eigenvalue weighted by Crippen LogP contribution is 2.47. The van der Waals surface area contributed by atoms with E-state index in [1.807, 2.05) is 18.2 Å². The summed E-state index contributed by atoms with van der Waals surface area (Å²) in [7, 11) is -3.93. The van der Waals surface area contributed by atoms with Gasteiger partial charge in [0, 0.05) is 22.5 Å². The van der Waals surface area contributed by atoms with Gasteiger partial charge < -0.3 is 4.90 Å². The highest BCUT2D eigenvalue weighted by molar-refractivity contribution is 8.03. The van der Waals surface area contributed by atoms with Gasteiger partial charge in [-0.2, -0.15) is 13.0 Å². The number of halogens is 1. The summed E-state index contributed by atoms with van der Waals surface area (Å²) in [5, 5.41) is 2.93. The van der Waals surface area contributed by atoms with E-state index in [1.54, 1.807) is 23.1 Å². The van der Waals surface area contributed by atoms with Crippen molar-refractivity contribution in [3.8, 4) is 0 Å². The molecule has 1 aliphatic heterocycles. The largest absolute Gasteiger partial charge is 0.335 e. The van der Waals surface area contributed by atoms with Gasteiger partial charge in [0.1, 0.15) is 11.2 Å². The Balaban J connectivity index is 1.67. The molecule has 0 radical (unpaired) electrons. The number of rotatable bonds is 7. The predicted octanol–water partition coefficient (Wildman–Crippen LogP) is 5.44. The van der Waals surface area contributed by atoms with E-state index in [0.717, 1.165) is 22.2 Å². The Morgan fingerprint density at radius 3 is 2.77 bits per heavy atom. The van der Waals surface area contributed by atoms with E-state index >= 15 is 0 Å². The van der Waals surface area contributed by atoms with Gasteiger partial charge in [0.2, 0.25) is 5.52 Å². The molecule has 0 aliphatic carbocycles. The van der Waals surface area contributed by atoms with Crippen LogP contribution < -0.4 is 9.47 Å². The normalized spacial score (nSPS) is 15.3. The molecule has 1 aromatic heterocycles. The van der Waals surface area contributed by atoms with Gasteiger partial charge in [0.05, 0.1) is 22.5 Å². The second-order valence-electron chi connectivity index (χ2n) is 6.99. The lowest BCUT2D eigenvalue weighted by Gasteiger charge is -2.20. The average Bonchev–Trinajstić information content (AvgIpc) is 3.21. The molecule has 30 heavy (non-hydrogen) atoms. The van der Waals surface area contributed by atoms with E-state index in [2.05, 4.69) is 46.7 Å². The molecule has 0 fully saturated rings. The number of benzene rings is 2. The molecule has 0 spiro atoms. The van der Waals surface area contributed by atoms with Crippen molar-refractivity contribution in [3.63, 3.8) is 0 Å². The number of nitrogens with zero attached hydrogens (tertiary/aromatic N) is 2. The molecule has 0 amide bonds. The molecule has 0 unspecified atom stereocenters. The molecule has 0 atom stereocenters.